The molecule has 1 fully saturated rings. The third kappa shape index (κ3) is 4.81. The highest BCUT2D eigenvalue weighted by atomic mass is 19.1. The number of imidazole rings is 1. The zero-order chi connectivity index (χ0) is 27.0. The number of hydrogen-bond acceptors (Lipinski definition) is 7. The van der Waals surface area contributed by atoms with Gasteiger partial charge in [0.15, 0.2) is 0 Å². The van der Waals surface area contributed by atoms with Gasteiger partial charge < -0.3 is 20.9 Å². The van der Waals surface area contributed by atoms with Gasteiger partial charge in [0.1, 0.15) is 11.3 Å². The summed E-state index contributed by atoms with van der Waals surface area (Å²) in [5.41, 5.74) is 20.4. The molecule has 0 spiro atoms. The van der Waals surface area contributed by atoms with Crippen LogP contribution in [0.5, 0.6) is 0 Å². The molecular formula is C30H31FN8. The van der Waals surface area contributed by atoms with E-state index < -0.39 is 5.54 Å². The molecule has 0 saturated carbocycles. The average molecular weight is 523 g/mol. The Morgan fingerprint density at radius 2 is 1.90 bits per heavy atom. The van der Waals surface area contributed by atoms with Gasteiger partial charge in [-0.3, -0.25) is 15.0 Å². The maximum absolute atomic E-state index is 13.6. The standard InChI is InChI=1S/C30H31FN8/c1-2-23-14-34-16-28(37-23)30(33)11-4-12-38(18-30)27-15-35-25(20-7-9-22(31)10-8-20)13-21(27)17-39-19-36-29-24(32)5-3-6-26(29)39/h3,5-10,13-16,19H,2,4,11-12,17-18,32-33H2,1H3/t30-/m1/s1. The number of piperidine rings is 1. The van der Waals surface area contributed by atoms with E-state index >= 15 is 0 Å². The van der Waals surface area contributed by atoms with Gasteiger partial charge in [0.25, 0.3) is 0 Å². The van der Waals surface area contributed by atoms with Gasteiger partial charge in [-0.05, 0) is 67.3 Å². The molecular weight excluding hydrogens is 491 g/mol. The number of aryl methyl sites for hydroxylation is 1. The number of rotatable bonds is 6. The van der Waals surface area contributed by atoms with Crippen LogP contribution < -0.4 is 16.4 Å². The fraction of sp³-hybridized carbons (Fsp3) is 0.267. The Morgan fingerprint density at radius 1 is 1.05 bits per heavy atom. The van der Waals surface area contributed by atoms with Crippen molar-refractivity contribution >= 4 is 22.4 Å². The van der Waals surface area contributed by atoms with Crippen LogP contribution >= 0.6 is 0 Å². The summed E-state index contributed by atoms with van der Waals surface area (Å²) in [4.78, 5) is 20.9. The Morgan fingerprint density at radius 3 is 2.72 bits per heavy atom. The number of hydrogen-bond donors (Lipinski definition) is 2. The maximum atomic E-state index is 13.6. The number of anilines is 2. The van der Waals surface area contributed by atoms with E-state index in [1.165, 1.54) is 12.1 Å². The second-order valence-electron chi connectivity index (χ2n) is 10.2. The van der Waals surface area contributed by atoms with Crippen LogP contribution in [0.2, 0.25) is 0 Å². The summed E-state index contributed by atoms with van der Waals surface area (Å²) < 4.78 is 15.7. The van der Waals surface area contributed by atoms with E-state index in [1.54, 1.807) is 24.5 Å². The van der Waals surface area contributed by atoms with Gasteiger partial charge in [-0.15, -0.1) is 0 Å². The normalized spacial score (nSPS) is 17.6. The van der Waals surface area contributed by atoms with Crippen molar-refractivity contribution < 1.29 is 4.39 Å². The van der Waals surface area contributed by atoms with Crippen LogP contribution in [0.1, 0.15) is 36.7 Å². The minimum Gasteiger partial charge on any atom is -0.397 e. The lowest BCUT2D eigenvalue weighted by atomic mass is 9.86. The number of aromatic nitrogens is 5. The molecule has 0 amide bonds. The monoisotopic (exact) mass is 522 g/mol. The molecule has 4 N–H and O–H groups in total. The van der Waals surface area contributed by atoms with Gasteiger partial charge in [-0.2, -0.15) is 0 Å². The van der Waals surface area contributed by atoms with Crippen LogP contribution in [0.4, 0.5) is 15.8 Å². The summed E-state index contributed by atoms with van der Waals surface area (Å²) in [7, 11) is 0. The molecule has 9 heteroatoms. The van der Waals surface area contributed by atoms with Gasteiger partial charge in [0, 0.05) is 24.8 Å². The largest absolute Gasteiger partial charge is 0.397 e. The first-order chi connectivity index (χ1) is 18.9. The summed E-state index contributed by atoms with van der Waals surface area (Å²) in [5.74, 6) is -0.277. The van der Waals surface area contributed by atoms with E-state index in [0.29, 0.717) is 18.8 Å². The van der Waals surface area contributed by atoms with Gasteiger partial charge in [0.2, 0.25) is 0 Å². The molecule has 1 atom stereocenters. The fourth-order valence-electron chi connectivity index (χ4n) is 5.42. The number of fused-ring (bicyclic) bond motifs is 1. The predicted molar refractivity (Wildman–Crippen MR) is 152 cm³/mol. The van der Waals surface area contributed by atoms with Crippen LogP contribution in [0, 0.1) is 5.82 Å². The number of nitrogens with zero attached hydrogens (tertiary/aromatic N) is 6. The lowest BCUT2D eigenvalue weighted by molar-refractivity contribution is 0.343. The molecule has 3 aromatic heterocycles. The van der Waals surface area contributed by atoms with Crippen LogP contribution in [0.25, 0.3) is 22.3 Å². The van der Waals surface area contributed by atoms with Crippen LogP contribution in [0.3, 0.4) is 0 Å². The Hall–Kier alpha value is -4.37. The summed E-state index contributed by atoms with van der Waals surface area (Å²) in [6.07, 6.45) is 9.86. The van der Waals surface area contributed by atoms with Gasteiger partial charge in [-0.1, -0.05) is 13.0 Å². The van der Waals surface area contributed by atoms with E-state index in [0.717, 1.165) is 70.7 Å². The summed E-state index contributed by atoms with van der Waals surface area (Å²) >= 11 is 0. The summed E-state index contributed by atoms with van der Waals surface area (Å²) in [6.45, 7) is 4.07. The van der Waals surface area contributed by atoms with Crippen molar-refractivity contribution in [3.05, 3.63) is 96.2 Å². The molecule has 4 heterocycles. The molecule has 0 aliphatic carbocycles. The van der Waals surface area contributed by atoms with Crippen molar-refractivity contribution in [2.75, 3.05) is 23.7 Å². The van der Waals surface area contributed by atoms with Crippen LogP contribution in [0.15, 0.2) is 73.4 Å². The second kappa shape index (κ2) is 10.1. The van der Waals surface area contributed by atoms with Crippen molar-refractivity contribution in [2.45, 2.75) is 38.3 Å². The molecule has 1 saturated heterocycles. The van der Waals surface area contributed by atoms with E-state index in [1.807, 2.05) is 30.7 Å². The quantitative estimate of drug-likeness (QED) is 0.312. The highest BCUT2D eigenvalue weighted by Crippen LogP contribution is 2.34. The number of halogens is 1. The Bertz CT molecular complexity index is 1630. The zero-order valence-electron chi connectivity index (χ0n) is 21.9. The van der Waals surface area contributed by atoms with Crippen LogP contribution in [-0.2, 0) is 18.5 Å². The summed E-state index contributed by atoms with van der Waals surface area (Å²) in [5, 5.41) is 0. The number of benzene rings is 2. The third-order valence-corrected chi connectivity index (χ3v) is 7.55. The number of pyridine rings is 1. The third-order valence-electron chi connectivity index (χ3n) is 7.55. The van der Waals surface area contributed by atoms with E-state index in [2.05, 4.69) is 32.4 Å². The molecule has 1 aliphatic rings. The minimum atomic E-state index is -0.626. The highest BCUT2D eigenvalue weighted by Gasteiger charge is 2.36. The molecule has 6 rings (SSSR count). The molecule has 8 nitrogen and oxygen atoms in total. The second-order valence-corrected chi connectivity index (χ2v) is 10.2. The van der Waals surface area contributed by atoms with Gasteiger partial charge >= 0.3 is 0 Å². The molecule has 39 heavy (non-hydrogen) atoms. The number of nitrogen functional groups attached to an aromatic ring is 1. The highest BCUT2D eigenvalue weighted by molar-refractivity contribution is 5.87. The lowest BCUT2D eigenvalue weighted by Gasteiger charge is -2.41. The molecule has 0 unspecified atom stereocenters. The Kier molecular flexibility index (Phi) is 6.44. The minimum absolute atomic E-state index is 0.277. The van der Waals surface area contributed by atoms with Crippen LogP contribution in [-0.4, -0.2) is 37.6 Å². The first-order valence-electron chi connectivity index (χ1n) is 13.2. The molecule has 1 aliphatic heterocycles. The van der Waals surface area contributed by atoms with Crippen molar-refractivity contribution in [3.8, 4) is 11.3 Å². The topological polar surface area (TPSA) is 112 Å². The van der Waals surface area contributed by atoms with Gasteiger partial charge in [-0.25, -0.2) is 9.37 Å². The van der Waals surface area contributed by atoms with Gasteiger partial charge in [0.05, 0.1) is 64.8 Å². The predicted octanol–water partition coefficient (Wildman–Crippen LogP) is 4.67. The zero-order valence-corrected chi connectivity index (χ0v) is 21.9. The fourth-order valence-corrected chi connectivity index (χ4v) is 5.42. The molecule has 5 aromatic rings. The van der Waals surface area contributed by atoms with Crippen molar-refractivity contribution in [2.24, 2.45) is 5.73 Å². The molecule has 198 valence electrons. The van der Waals surface area contributed by atoms with E-state index in [4.69, 9.17) is 21.4 Å². The number of nitrogens with two attached hydrogens (primary N) is 2. The van der Waals surface area contributed by atoms with Crippen molar-refractivity contribution in [1.29, 1.82) is 0 Å². The first kappa shape index (κ1) is 24.9. The maximum Gasteiger partial charge on any atom is 0.123 e. The SMILES string of the molecule is CCc1cncc([C@@]2(N)CCCN(c3cnc(-c4ccc(F)cc4)cc3Cn3cnc4c(N)cccc43)C2)n1. The molecule has 0 radical (unpaired) electrons. The first-order valence-corrected chi connectivity index (χ1v) is 13.2. The van der Waals surface area contributed by atoms with Crippen molar-refractivity contribution in [3.63, 3.8) is 0 Å². The average Bonchev–Trinajstić information content (AvgIpc) is 3.37. The molecule has 2 aromatic carbocycles. The number of para-hydroxylation sites is 1. The Labute approximate surface area is 226 Å². The van der Waals surface area contributed by atoms with E-state index in [-0.39, 0.29) is 5.82 Å². The molecule has 0 bridgehead atoms. The van der Waals surface area contributed by atoms with E-state index in [9.17, 15) is 4.39 Å². The van der Waals surface area contributed by atoms with Crippen molar-refractivity contribution in [1.82, 2.24) is 24.5 Å². The lowest BCUT2D eigenvalue weighted by Crippen LogP contribution is -2.52. The Balaban J connectivity index is 1.40. The smallest absolute Gasteiger partial charge is 0.123 e. The summed E-state index contributed by atoms with van der Waals surface area (Å²) in [6, 6.07) is 14.3.